The van der Waals surface area contributed by atoms with Crippen LogP contribution in [0.1, 0.15) is 79.1 Å². The van der Waals surface area contributed by atoms with E-state index in [0.717, 1.165) is 19.3 Å². The molecule has 0 saturated heterocycles. The third kappa shape index (κ3) is 11.9. The predicted molar refractivity (Wildman–Crippen MR) is 92.4 cm³/mol. The summed E-state index contributed by atoms with van der Waals surface area (Å²) < 4.78 is 10.2. The van der Waals surface area contributed by atoms with Crippen molar-refractivity contribution in [3.8, 4) is 0 Å². The normalized spacial score (nSPS) is 12.0. The smallest absolute Gasteiger partial charge is 0.407 e. The van der Waals surface area contributed by atoms with Crippen LogP contribution in [0.5, 0.6) is 0 Å². The summed E-state index contributed by atoms with van der Waals surface area (Å²) in [6, 6.07) is -0.649. The Kier molecular flexibility index (Phi) is 13.6. The van der Waals surface area contributed by atoms with Gasteiger partial charge in [0.15, 0.2) is 0 Å². The third-order valence-electron chi connectivity index (χ3n) is 3.62. The highest BCUT2D eigenvalue weighted by Crippen LogP contribution is 2.08. The summed E-state index contributed by atoms with van der Waals surface area (Å²) in [5.41, 5.74) is 0. The summed E-state index contributed by atoms with van der Waals surface area (Å²) in [6.07, 6.45) is 8.43. The Labute approximate surface area is 141 Å². The molecule has 0 unspecified atom stereocenters. The van der Waals surface area contributed by atoms with Crippen molar-refractivity contribution < 1.29 is 19.1 Å². The van der Waals surface area contributed by atoms with Crippen LogP contribution in [0.2, 0.25) is 0 Å². The Bertz CT molecular complexity index is 318. The average Bonchev–Trinajstić information content (AvgIpc) is 2.52. The fraction of sp³-hybridized carbons (Fsp3) is 0.889. The van der Waals surface area contributed by atoms with Crippen molar-refractivity contribution in [2.24, 2.45) is 5.92 Å². The molecule has 0 radical (unpaired) electrons. The number of hydrogen-bond donors (Lipinski definition) is 1. The molecule has 0 aromatic heterocycles. The average molecular weight is 329 g/mol. The van der Waals surface area contributed by atoms with Crippen LogP contribution in [0.25, 0.3) is 0 Å². The number of ether oxygens (including phenoxy) is 2. The van der Waals surface area contributed by atoms with Gasteiger partial charge in [0.25, 0.3) is 0 Å². The summed E-state index contributed by atoms with van der Waals surface area (Å²) in [7, 11) is 0. The Morgan fingerprint density at radius 1 is 0.826 bits per heavy atom. The van der Waals surface area contributed by atoms with Gasteiger partial charge < -0.3 is 14.8 Å². The van der Waals surface area contributed by atoms with Crippen LogP contribution in [0.4, 0.5) is 4.79 Å². The van der Waals surface area contributed by atoms with Crippen LogP contribution < -0.4 is 5.32 Å². The second-order valence-electron chi connectivity index (χ2n) is 6.29. The zero-order valence-corrected chi connectivity index (χ0v) is 15.4. The Hall–Kier alpha value is -1.26. The molecule has 5 heteroatoms. The standard InChI is InChI=1S/C18H35NO4/c1-5-7-8-9-10-11-12-14-22-17(20)16(15(3)4)19-18(21)23-13-6-2/h15-16H,5-14H2,1-4H3,(H,19,21)/t16-/m0/s1. The highest BCUT2D eigenvalue weighted by molar-refractivity contribution is 5.81. The number of hydrogen-bond acceptors (Lipinski definition) is 4. The molecule has 1 atom stereocenters. The molecule has 0 spiro atoms. The first-order chi connectivity index (χ1) is 11.0. The van der Waals surface area contributed by atoms with Gasteiger partial charge in [0.2, 0.25) is 0 Å². The molecule has 0 aromatic rings. The highest BCUT2D eigenvalue weighted by atomic mass is 16.6. The quantitative estimate of drug-likeness (QED) is 0.401. The maximum absolute atomic E-state index is 12.1. The van der Waals surface area contributed by atoms with Gasteiger partial charge in [0.05, 0.1) is 13.2 Å². The molecule has 136 valence electrons. The van der Waals surface area contributed by atoms with E-state index >= 15 is 0 Å². The van der Waals surface area contributed by atoms with Crippen molar-refractivity contribution in [2.45, 2.75) is 85.1 Å². The summed E-state index contributed by atoms with van der Waals surface area (Å²) >= 11 is 0. The van der Waals surface area contributed by atoms with Gasteiger partial charge in [-0.2, -0.15) is 0 Å². The molecule has 0 saturated carbocycles. The topological polar surface area (TPSA) is 64.6 Å². The fourth-order valence-corrected chi connectivity index (χ4v) is 2.18. The molecule has 0 aromatic carbocycles. The van der Waals surface area contributed by atoms with E-state index in [-0.39, 0.29) is 11.9 Å². The van der Waals surface area contributed by atoms with Gasteiger partial charge in [-0.15, -0.1) is 0 Å². The second kappa shape index (κ2) is 14.3. The fourth-order valence-electron chi connectivity index (χ4n) is 2.18. The molecular formula is C18H35NO4. The van der Waals surface area contributed by atoms with Crippen molar-refractivity contribution in [1.82, 2.24) is 5.32 Å². The summed E-state index contributed by atoms with van der Waals surface area (Å²) in [6.45, 7) is 8.64. The monoisotopic (exact) mass is 329 g/mol. The van der Waals surface area contributed by atoms with Gasteiger partial charge in [0.1, 0.15) is 6.04 Å². The molecule has 0 aliphatic carbocycles. The van der Waals surface area contributed by atoms with Crippen LogP contribution >= 0.6 is 0 Å². The minimum absolute atomic E-state index is 0.0364. The molecular weight excluding hydrogens is 294 g/mol. The maximum Gasteiger partial charge on any atom is 0.407 e. The van der Waals surface area contributed by atoms with Crippen LogP contribution in [-0.4, -0.2) is 31.3 Å². The Morgan fingerprint density at radius 2 is 1.43 bits per heavy atom. The second-order valence-corrected chi connectivity index (χ2v) is 6.29. The minimum Gasteiger partial charge on any atom is -0.464 e. The largest absolute Gasteiger partial charge is 0.464 e. The van der Waals surface area contributed by atoms with Gasteiger partial charge in [-0.3, -0.25) is 0 Å². The SMILES string of the molecule is CCCCCCCCCOC(=O)[C@@H](NC(=O)OCCC)C(C)C. The number of carbonyl (C=O) groups is 2. The summed E-state index contributed by atoms with van der Waals surface area (Å²) in [5, 5.41) is 2.59. The number of amides is 1. The third-order valence-corrected chi connectivity index (χ3v) is 3.62. The summed E-state index contributed by atoms with van der Waals surface area (Å²) in [4.78, 5) is 23.7. The minimum atomic E-state index is -0.649. The first kappa shape index (κ1) is 21.7. The lowest BCUT2D eigenvalue weighted by molar-refractivity contribution is -0.147. The van der Waals surface area contributed by atoms with E-state index in [0.29, 0.717) is 13.2 Å². The lowest BCUT2D eigenvalue weighted by atomic mass is 10.1. The van der Waals surface area contributed by atoms with Crippen LogP contribution in [-0.2, 0) is 14.3 Å². The van der Waals surface area contributed by atoms with E-state index in [9.17, 15) is 9.59 Å². The first-order valence-corrected chi connectivity index (χ1v) is 9.12. The van der Waals surface area contributed by atoms with Gasteiger partial charge in [-0.1, -0.05) is 66.2 Å². The van der Waals surface area contributed by atoms with E-state index in [1.54, 1.807) is 0 Å². The van der Waals surface area contributed by atoms with Crippen molar-refractivity contribution in [3.05, 3.63) is 0 Å². The van der Waals surface area contributed by atoms with Gasteiger partial charge in [0, 0.05) is 0 Å². The Morgan fingerprint density at radius 3 is 2.00 bits per heavy atom. The van der Waals surface area contributed by atoms with E-state index in [1.807, 2.05) is 20.8 Å². The molecule has 5 nitrogen and oxygen atoms in total. The number of esters is 1. The van der Waals surface area contributed by atoms with Gasteiger partial charge >= 0.3 is 12.1 Å². The molecule has 23 heavy (non-hydrogen) atoms. The molecule has 0 heterocycles. The van der Waals surface area contributed by atoms with Crippen LogP contribution in [0.15, 0.2) is 0 Å². The predicted octanol–water partition coefficient (Wildman–Crippen LogP) is 4.44. The van der Waals surface area contributed by atoms with E-state index in [4.69, 9.17) is 9.47 Å². The number of alkyl carbamates (subject to hydrolysis) is 1. The molecule has 0 aliphatic heterocycles. The molecule has 0 aliphatic rings. The molecule has 0 rings (SSSR count). The van der Waals surface area contributed by atoms with E-state index in [1.165, 1.54) is 32.1 Å². The van der Waals surface area contributed by atoms with Crippen molar-refractivity contribution in [1.29, 1.82) is 0 Å². The van der Waals surface area contributed by atoms with Gasteiger partial charge in [-0.25, -0.2) is 9.59 Å². The molecule has 1 N–H and O–H groups in total. The van der Waals surface area contributed by atoms with Crippen LogP contribution in [0, 0.1) is 5.92 Å². The number of rotatable bonds is 13. The van der Waals surface area contributed by atoms with E-state index in [2.05, 4.69) is 12.2 Å². The lowest BCUT2D eigenvalue weighted by Gasteiger charge is -2.20. The molecule has 1 amide bonds. The van der Waals surface area contributed by atoms with Crippen molar-refractivity contribution in [2.75, 3.05) is 13.2 Å². The maximum atomic E-state index is 12.1. The first-order valence-electron chi connectivity index (χ1n) is 9.12. The number of unbranched alkanes of at least 4 members (excludes halogenated alkanes) is 6. The van der Waals surface area contributed by atoms with Crippen molar-refractivity contribution >= 4 is 12.1 Å². The van der Waals surface area contributed by atoms with Crippen LogP contribution in [0.3, 0.4) is 0 Å². The number of carbonyl (C=O) groups excluding carboxylic acids is 2. The molecule has 0 bridgehead atoms. The molecule has 0 fully saturated rings. The highest BCUT2D eigenvalue weighted by Gasteiger charge is 2.26. The van der Waals surface area contributed by atoms with E-state index < -0.39 is 12.1 Å². The Balaban J connectivity index is 3.91. The van der Waals surface area contributed by atoms with Gasteiger partial charge in [-0.05, 0) is 18.8 Å². The number of nitrogens with one attached hydrogen (secondary N) is 1. The zero-order valence-electron chi connectivity index (χ0n) is 15.4. The zero-order chi connectivity index (χ0) is 17.5. The lowest BCUT2D eigenvalue weighted by Crippen LogP contribution is -2.45. The van der Waals surface area contributed by atoms with Crippen molar-refractivity contribution in [3.63, 3.8) is 0 Å². The summed E-state index contributed by atoms with van der Waals surface area (Å²) in [5.74, 6) is -0.412.